The Morgan fingerprint density at radius 3 is 2.44 bits per heavy atom. The quantitative estimate of drug-likeness (QED) is 0.268. The van der Waals surface area contributed by atoms with Gasteiger partial charge < -0.3 is 14.6 Å². The van der Waals surface area contributed by atoms with Gasteiger partial charge in [-0.2, -0.15) is 18.3 Å². The number of benzene rings is 2. The Bertz CT molecular complexity index is 1290. The van der Waals surface area contributed by atoms with Gasteiger partial charge in [0, 0.05) is 16.9 Å². The maximum absolute atomic E-state index is 14.8. The van der Waals surface area contributed by atoms with Crippen LogP contribution in [0, 0.1) is 11.6 Å². The van der Waals surface area contributed by atoms with E-state index in [1.54, 1.807) is 13.0 Å². The Balaban J connectivity index is 1.43. The first kappa shape index (κ1) is 28.9. The van der Waals surface area contributed by atoms with E-state index in [0.29, 0.717) is 11.1 Å². The van der Waals surface area contributed by atoms with Crippen LogP contribution in [0.1, 0.15) is 23.6 Å². The summed E-state index contributed by atoms with van der Waals surface area (Å²) >= 11 is 1.31. The van der Waals surface area contributed by atoms with Crippen LogP contribution in [0.25, 0.3) is 5.57 Å². The number of hydrogen-bond donors (Lipinski definition) is 1. The molecule has 39 heavy (non-hydrogen) atoms. The zero-order chi connectivity index (χ0) is 28.2. The summed E-state index contributed by atoms with van der Waals surface area (Å²) in [5.74, 6) is -1.64. The summed E-state index contributed by atoms with van der Waals surface area (Å²) in [6.07, 6.45) is 0.601. The molecule has 6 nitrogen and oxygen atoms in total. The number of thioether (sulfide) groups is 1. The SMILES string of the molecule is C=CC(=CC1OCC(SC(C)C(O)(Cn2cncn2)c2ccc(F)cc2F)CO1)c1ccc(C(F)(F)F)cc1. The largest absolute Gasteiger partial charge is 0.416 e. The number of hydrogen-bond acceptors (Lipinski definition) is 6. The fourth-order valence-electron chi connectivity index (χ4n) is 4.19. The number of nitrogens with zero attached hydrogens (tertiary/aromatic N) is 3. The van der Waals surface area contributed by atoms with Crippen molar-refractivity contribution in [3.05, 3.63) is 102 Å². The van der Waals surface area contributed by atoms with Gasteiger partial charge in [-0.05, 0) is 35.4 Å². The lowest BCUT2D eigenvalue weighted by molar-refractivity contribution is -0.146. The van der Waals surface area contributed by atoms with Gasteiger partial charge in [-0.3, -0.25) is 0 Å². The highest BCUT2D eigenvalue weighted by Crippen LogP contribution is 2.39. The minimum Gasteiger partial charge on any atom is -0.382 e. The van der Waals surface area contributed by atoms with Crippen molar-refractivity contribution in [2.24, 2.45) is 0 Å². The summed E-state index contributed by atoms with van der Waals surface area (Å²) in [6, 6.07) is 7.71. The van der Waals surface area contributed by atoms with Gasteiger partial charge in [0.25, 0.3) is 0 Å². The fourth-order valence-corrected chi connectivity index (χ4v) is 5.51. The summed E-state index contributed by atoms with van der Waals surface area (Å²) in [7, 11) is 0. The number of rotatable bonds is 9. The highest BCUT2D eigenvalue weighted by molar-refractivity contribution is 8.00. The molecule has 0 radical (unpaired) electrons. The zero-order valence-corrected chi connectivity index (χ0v) is 21.6. The lowest BCUT2D eigenvalue weighted by Gasteiger charge is -2.37. The van der Waals surface area contributed by atoms with Crippen molar-refractivity contribution in [2.45, 2.75) is 42.0 Å². The number of halogens is 5. The molecular weight excluding hydrogens is 541 g/mol. The molecule has 0 saturated carbocycles. The van der Waals surface area contributed by atoms with Crippen LogP contribution in [0.5, 0.6) is 0 Å². The standard InChI is InChI=1S/C27H26F5N3O3S/c1-3-18(19-4-6-20(7-5-19)27(30,31)32)10-25-37-12-22(13-38-25)39-17(2)26(36,14-35-16-33-15-34-35)23-9-8-21(28)11-24(23)29/h3-11,15-17,22,25,36H,1,12-14H2,2H3. The smallest absolute Gasteiger partial charge is 0.382 e. The molecule has 2 aromatic carbocycles. The van der Waals surface area contributed by atoms with E-state index in [1.807, 2.05) is 0 Å². The van der Waals surface area contributed by atoms with Gasteiger partial charge in [0.2, 0.25) is 0 Å². The van der Waals surface area contributed by atoms with Crippen LogP contribution < -0.4 is 0 Å². The first-order chi connectivity index (χ1) is 18.5. The van der Waals surface area contributed by atoms with Crippen LogP contribution in [-0.2, 0) is 27.8 Å². The third kappa shape index (κ3) is 6.93. The second-order valence-corrected chi connectivity index (χ2v) is 10.6. The van der Waals surface area contributed by atoms with Gasteiger partial charge in [0.15, 0.2) is 6.29 Å². The Morgan fingerprint density at radius 1 is 1.18 bits per heavy atom. The molecule has 1 aliphatic rings. The lowest BCUT2D eigenvalue weighted by Crippen LogP contribution is -2.43. The predicted molar refractivity (Wildman–Crippen MR) is 136 cm³/mol. The van der Waals surface area contributed by atoms with Crippen molar-refractivity contribution in [3.8, 4) is 0 Å². The topological polar surface area (TPSA) is 69.4 Å². The molecule has 2 heterocycles. The third-order valence-corrected chi connectivity index (χ3v) is 7.77. The van der Waals surface area contributed by atoms with Crippen LogP contribution in [0.2, 0.25) is 0 Å². The molecule has 0 spiro atoms. The van der Waals surface area contributed by atoms with E-state index in [-0.39, 0.29) is 30.6 Å². The van der Waals surface area contributed by atoms with Crippen molar-refractivity contribution in [3.63, 3.8) is 0 Å². The molecule has 2 atom stereocenters. The molecule has 0 aliphatic carbocycles. The fraction of sp³-hybridized carbons (Fsp3) is 0.333. The van der Waals surface area contributed by atoms with E-state index in [0.717, 1.165) is 24.3 Å². The first-order valence-corrected chi connectivity index (χ1v) is 12.8. The van der Waals surface area contributed by atoms with Gasteiger partial charge in [0.1, 0.15) is 29.9 Å². The summed E-state index contributed by atoms with van der Waals surface area (Å²) in [5.41, 5.74) is -1.54. The Hall–Kier alpha value is -3.06. The highest BCUT2D eigenvalue weighted by Gasteiger charge is 2.41. The maximum atomic E-state index is 14.8. The molecular formula is C27H26F5N3O3S. The van der Waals surface area contributed by atoms with Crippen LogP contribution >= 0.6 is 11.8 Å². The molecule has 1 saturated heterocycles. The van der Waals surface area contributed by atoms with E-state index in [2.05, 4.69) is 16.7 Å². The number of aromatic nitrogens is 3. The van der Waals surface area contributed by atoms with Crippen LogP contribution in [0.4, 0.5) is 22.0 Å². The molecule has 0 amide bonds. The minimum absolute atomic E-state index is 0.0787. The molecule has 12 heteroatoms. The second-order valence-electron chi connectivity index (χ2n) is 8.98. The molecule has 1 aromatic heterocycles. The molecule has 0 bridgehead atoms. The van der Waals surface area contributed by atoms with E-state index in [4.69, 9.17) is 9.47 Å². The van der Waals surface area contributed by atoms with Crippen LogP contribution in [0.3, 0.4) is 0 Å². The van der Waals surface area contributed by atoms with Crippen LogP contribution in [0.15, 0.2) is 73.9 Å². The molecule has 2 unspecified atom stereocenters. The molecule has 4 rings (SSSR count). The van der Waals surface area contributed by atoms with Gasteiger partial charge in [-0.15, -0.1) is 11.8 Å². The monoisotopic (exact) mass is 567 g/mol. The summed E-state index contributed by atoms with van der Waals surface area (Å²) < 4.78 is 79.9. The number of allylic oxidation sites excluding steroid dienone is 2. The Labute approximate surface area is 226 Å². The highest BCUT2D eigenvalue weighted by atomic mass is 32.2. The van der Waals surface area contributed by atoms with E-state index >= 15 is 0 Å². The van der Waals surface area contributed by atoms with Gasteiger partial charge in [-0.1, -0.05) is 37.8 Å². The molecule has 1 aliphatic heterocycles. The Kier molecular flexibility index (Phi) is 8.90. The predicted octanol–water partition coefficient (Wildman–Crippen LogP) is 5.60. The van der Waals surface area contributed by atoms with E-state index < -0.39 is 40.5 Å². The van der Waals surface area contributed by atoms with Gasteiger partial charge in [-0.25, -0.2) is 18.4 Å². The van der Waals surface area contributed by atoms with Crippen molar-refractivity contribution < 1.29 is 36.5 Å². The number of aliphatic hydroxyl groups is 1. The van der Waals surface area contributed by atoms with Crippen molar-refractivity contribution in [1.82, 2.24) is 14.8 Å². The first-order valence-electron chi connectivity index (χ1n) is 11.9. The van der Waals surface area contributed by atoms with Gasteiger partial charge in [0.05, 0.1) is 30.6 Å². The van der Waals surface area contributed by atoms with E-state index in [1.165, 1.54) is 53.4 Å². The molecule has 3 aromatic rings. The van der Waals surface area contributed by atoms with E-state index in [9.17, 15) is 27.1 Å². The van der Waals surface area contributed by atoms with Crippen LogP contribution in [-0.4, -0.2) is 49.9 Å². The molecule has 208 valence electrons. The normalized spacial score (nSPS) is 20.8. The number of ether oxygens (including phenoxy) is 2. The Morgan fingerprint density at radius 2 is 1.87 bits per heavy atom. The molecule has 1 N–H and O–H groups in total. The maximum Gasteiger partial charge on any atom is 0.416 e. The number of alkyl halides is 3. The average molecular weight is 568 g/mol. The summed E-state index contributed by atoms with van der Waals surface area (Å²) in [6.45, 7) is 5.76. The third-order valence-electron chi connectivity index (χ3n) is 6.31. The van der Waals surface area contributed by atoms with Crippen molar-refractivity contribution >= 4 is 17.3 Å². The van der Waals surface area contributed by atoms with Crippen molar-refractivity contribution in [1.29, 1.82) is 0 Å². The van der Waals surface area contributed by atoms with Gasteiger partial charge >= 0.3 is 6.18 Å². The average Bonchev–Trinajstić information content (AvgIpc) is 3.40. The minimum atomic E-state index is -4.43. The lowest BCUT2D eigenvalue weighted by atomic mass is 9.90. The van der Waals surface area contributed by atoms with Crippen molar-refractivity contribution in [2.75, 3.05) is 13.2 Å². The zero-order valence-electron chi connectivity index (χ0n) is 20.8. The molecule has 1 fully saturated rings. The summed E-state index contributed by atoms with van der Waals surface area (Å²) in [4.78, 5) is 3.87. The second kappa shape index (κ2) is 12.0. The summed E-state index contributed by atoms with van der Waals surface area (Å²) in [5, 5.41) is 14.8.